The molecule has 1 heterocycles. The second-order valence-electron chi connectivity index (χ2n) is 7.35. The Hall–Kier alpha value is -3.56. The predicted octanol–water partition coefficient (Wildman–Crippen LogP) is 4.51. The number of halogens is 3. The van der Waals surface area contributed by atoms with E-state index in [0.717, 1.165) is 25.2 Å². The summed E-state index contributed by atoms with van der Waals surface area (Å²) >= 11 is 0. The topological polar surface area (TPSA) is 107 Å². The van der Waals surface area contributed by atoms with Gasteiger partial charge in [0, 0.05) is 24.3 Å². The fourth-order valence-electron chi connectivity index (χ4n) is 3.22. The number of carbonyl (C=O) groups is 3. The SMILES string of the molecule is CC1CCCN(c2ccc(NC(=O)c3ccccc3)c(C(=O)O)c2)C1.O=C(O)C(F)(F)F. The van der Waals surface area contributed by atoms with E-state index in [9.17, 15) is 27.9 Å². The van der Waals surface area contributed by atoms with Crippen molar-refractivity contribution in [2.24, 2.45) is 5.92 Å². The summed E-state index contributed by atoms with van der Waals surface area (Å²) in [5.41, 5.74) is 1.81. The van der Waals surface area contributed by atoms with Crippen LogP contribution < -0.4 is 10.2 Å². The van der Waals surface area contributed by atoms with Gasteiger partial charge in [0.15, 0.2) is 0 Å². The van der Waals surface area contributed by atoms with Crippen molar-refractivity contribution in [1.29, 1.82) is 0 Å². The number of carbonyl (C=O) groups excluding carboxylic acids is 1. The van der Waals surface area contributed by atoms with Crippen molar-refractivity contribution in [3.05, 3.63) is 59.7 Å². The maximum absolute atomic E-state index is 12.3. The van der Waals surface area contributed by atoms with Gasteiger partial charge in [-0.25, -0.2) is 9.59 Å². The van der Waals surface area contributed by atoms with Crippen LogP contribution in [-0.2, 0) is 4.79 Å². The maximum atomic E-state index is 12.3. The molecule has 32 heavy (non-hydrogen) atoms. The molecule has 0 aromatic heterocycles. The molecule has 2 aromatic carbocycles. The molecule has 0 saturated carbocycles. The molecule has 0 radical (unpaired) electrons. The van der Waals surface area contributed by atoms with Gasteiger partial charge in [-0.2, -0.15) is 13.2 Å². The first kappa shape index (κ1) is 24.7. The number of nitrogens with one attached hydrogen (secondary N) is 1. The highest BCUT2D eigenvalue weighted by Crippen LogP contribution is 2.27. The van der Waals surface area contributed by atoms with E-state index in [0.29, 0.717) is 17.2 Å². The number of carboxylic acid groups (broad SMARTS) is 2. The normalized spacial score (nSPS) is 15.9. The Morgan fingerprint density at radius 2 is 1.69 bits per heavy atom. The first-order valence-electron chi connectivity index (χ1n) is 9.78. The standard InChI is InChI=1S/C20H22N2O3.C2HF3O2/c1-14-6-5-11-22(13-14)16-9-10-18(17(12-16)20(24)25)21-19(23)15-7-3-2-4-8-15;3-2(4,5)1(6)7/h2-4,7-10,12,14H,5-6,11,13H2,1H3,(H,21,23)(H,24,25);(H,6,7). The van der Waals surface area contributed by atoms with Gasteiger partial charge in [-0.15, -0.1) is 0 Å². The molecule has 1 saturated heterocycles. The zero-order chi connectivity index (χ0) is 23.9. The fourth-order valence-corrected chi connectivity index (χ4v) is 3.22. The number of rotatable bonds is 4. The van der Waals surface area contributed by atoms with Crippen molar-refractivity contribution in [3.8, 4) is 0 Å². The van der Waals surface area contributed by atoms with Crippen molar-refractivity contribution in [1.82, 2.24) is 0 Å². The molecular weight excluding hydrogens is 429 g/mol. The third-order valence-corrected chi connectivity index (χ3v) is 4.78. The van der Waals surface area contributed by atoms with E-state index in [1.54, 1.807) is 36.4 Å². The van der Waals surface area contributed by atoms with Crippen LogP contribution in [-0.4, -0.2) is 47.3 Å². The van der Waals surface area contributed by atoms with Gasteiger partial charge < -0.3 is 20.4 Å². The van der Waals surface area contributed by atoms with Crippen LogP contribution in [0.25, 0.3) is 0 Å². The summed E-state index contributed by atoms with van der Waals surface area (Å²) in [5, 5.41) is 19.4. The average molecular weight is 452 g/mol. The van der Waals surface area contributed by atoms with Crippen LogP contribution in [0.15, 0.2) is 48.5 Å². The van der Waals surface area contributed by atoms with Gasteiger partial charge in [-0.05, 0) is 49.1 Å². The minimum Gasteiger partial charge on any atom is -0.478 e. The lowest BCUT2D eigenvalue weighted by molar-refractivity contribution is -0.192. The number of amides is 1. The summed E-state index contributed by atoms with van der Waals surface area (Å²) < 4.78 is 31.7. The van der Waals surface area contributed by atoms with Gasteiger partial charge in [0.25, 0.3) is 5.91 Å². The molecule has 0 spiro atoms. The summed E-state index contributed by atoms with van der Waals surface area (Å²) in [4.78, 5) is 35.1. The molecule has 1 aliphatic rings. The molecule has 172 valence electrons. The Labute approximate surface area is 182 Å². The Bertz CT molecular complexity index is 964. The fraction of sp³-hybridized carbons (Fsp3) is 0.318. The molecule has 1 aliphatic heterocycles. The third kappa shape index (κ3) is 7.00. The zero-order valence-corrected chi connectivity index (χ0v) is 17.2. The van der Waals surface area contributed by atoms with E-state index in [4.69, 9.17) is 9.90 Å². The highest BCUT2D eigenvalue weighted by Gasteiger charge is 2.38. The van der Waals surface area contributed by atoms with Gasteiger partial charge in [0.05, 0.1) is 11.3 Å². The number of anilines is 2. The molecule has 1 amide bonds. The molecule has 3 N–H and O–H groups in total. The molecule has 2 aromatic rings. The molecule has 3 rings (SSSR count). The number of piperidine rings is 1. The summed E-state index contributed by atoms with van der Waals surface area (Å²) in [5.74, 6) is -3.52. The van der Waals surface area contributed by atoms with Crippen molar-refractivity contribution in [2.75, 3.05) is 23.3 Å². The first-order valence-corrected chi connectivity index (χ1v) is 9.78. The number of carboxylic acids is 2. The van der Waals surface area contributed by atoms with Crippen molar-refractivity contribution < 1.29 is 37.8 Å². The molecular formula is C22H23F3N2O5. The molecule has 0 aliphatic carbocycles. The van der Waals surface area contributed by atoms with Crippen LogP contribution in [0.4, 0.5) is 24.5 Å². The lowest BCUT2D eigenvalue weighted by Gasteiger charge is -2.33. The maximum Gasteiger partial charge on any atom is 0.490 e. The second-order valence-corrected chi connectivity index (χ2v) is 7.35. The number of hydrogen-bond acceptors (Lipinski definition) is 4. The van der Waals surface area contributed by atoms with Crippen molar-refractivity contribution >= 4 is 29.2 Å². The van der Waals surface area contributed by atoms with Crippen LogP contribution in [0.3, 0.4) is 0 Å². The molecule has 1 fully saturated rings. The van der Waals surface area contributed by atoms with Crippen molar-refractivity contribution in [3.63, 3.8) is 0 Å². The first-order chi connectivity index (χ1) is 15.0. The molecule has 0 bridgehead atoms. The van der Waals surface area contributed by atoms with Crippen LogP contribution in [0.1, 0.15) is 40.5 Å². The zero-order valence-electron chi connectivity index (χ0n) is 17.2. The van der Waals surface area contributed by atoms with Gasteiger partial charge >= 0.3 is 18.1 Å². The monoisotopic (exact) mass is 452 g/mol. The van der Waals surface area contributed by atoms with E-state index < -0.39 is 18.1 Å². The van der Waals surface area contributed by atoms with Gasteiger partial charge in [0.1, 0.15) is 0 Å². The van der Waals surface area contributed by atoms with Crippen LogP contribution in [0.5, 0.6) is 0 Å². The Kier molecular flexibility index (Phi) is 8.22. The van der Waals surface area contributed by atoms with E-state index >= 15 is 0 Å². The highest BCUT2D eigenvalue weighted by atomic mass is 19.4. The number of aromatic carboxylic acids is 1. The van der Waals surface area contributed by atoms with Crippen LogP contribution in [0, 0.1) is 5.92 Å². The summed E-state index contributed by atoms with van der Waals surface area (Å²) in [6, 6.07) is 14.0. The van der Waals surface area contributed by atoms with Gasteiger partial charge in [-0.1, -0.05) is 25.1 Å². The number of nitrogens with zero attached hydrogens (tertiary/aromatic N) is 1. The van der Waals surface area contributed by atoms with E-state index in [-0.39, 0.29) is 11.5 Å². The number of alkyl halides is 3. The molecule has 1 atom stereocenters. The molecule has 1 unspecified atom stereocenters. The Morgan fingerprint density at radius 3 is 2.22 bits per heavy atom. The largest absolute Gasteiger partial charge is 0.490 e. The third-order valence-electron chi connectivity index (χ3n) is 4.78. The van der Waals surface area contributed by atoms with E-state index in [1.807, 2.05) is 12.1 Å². The summed E-state index contributed by atoms with van der Waals surface area (Å²) in [7, 11) is 0. The lowest BCUT2D eigenvalue weighted by Crippen LogP contribution is -2.34. The average Bonchev–Trinajstić information content (AvgIpc) is 2.74. The number of aliphatic carboxylic acids is 1. The second kappa shape index (κ2) is 10.7. The quantitative estimate of drug-likeness (QED) is 0.630. The van der Waals surface area contributed by atoms with Gasteiger partial charge in [-0.3, -0.25) is 4.79 Å². The van der Waals surface area contributed by atoms with E-state index in [2.05, 4.69) is 17.1 Å². The Morgan fingerprint density at radius 1 is 1.06 bits per heavy atom. The smallest absolute Gasteiger partial charge is 0.478 e. The van der Waals surface area contributed by atoms with Gasteiger partial charge in [0.2, 0.25) is 0 Å². The minimum absolute atomic E-state index is 0.111. The molecule has 7 nitrogen and oxygen atoms in total. The van der Waals surface area contributed by atoms with Crippen LogP contribution in [0.2, 0.25) is 0 Å². The van der Waals surface area contributed by atoms with E-state index in [1.165, 1.54) is 6.42 Å². The van der Waals surface area contributed by atoms with Crippen molar-refractivity contribution in [2.45, 2.75) is 25.9 Å². The summed E-state index contributed by atoms with van der Waals surface area (Å²) in [6.45, 7) is 4.06. The lowest BCUT2D eigenvalue weighted by atomic mass is 9.99. The molecule has 10 heteroatoms. The number of benzene rings is 2. The number of hydrogen-bond donors (Lipinski definition) is 3. The highest BCUT2D eigenvalue weighted by molar-refractivity contribution is 6.08. The predicted molar refractivity (Wildman–Crippen MR) is 112 cm³/mol. The summed E-state index contributed by atoms with van der Waals surface area (Å²) in [6.07, 6.45) is -2.77. The Balaban J connectivity index is 0.000000451. The minimum atomic E-state index is -5.08. The van der Waals surface area contributed by atoms with Crippen LogP contribution >= 0.6 is 0 Å².